The van der Waals surface area contributed by atoms with Crippen LogP contribution in [0.3, 0.4) is 0 Å². The fourth-order valence-electron chi connectivity index (χ4n) is 3.14. The molecule has 6 heteroatoms. The number of rotatable bonds is 7. The molecule has 0 spiro atoms. The number of ether oxygens (including phenoxy) is 1. The maximum Gasteiger partial charge on any atom is 0.407 e. The van der Waals surface area contributed by atoms with Gasteiger partial charge in [0.2, 0.25) is 0 Å². The van der Waals surface area contributed by atoms with Crippen LogP contribution in [0.2, 0.25) is 0 Å². The highest BCUT2D eigenvalue weighted by Crippen LogP contribution is 2.39. The molecule has 3 aromatic carbocycles. The highest BCUT2D eigenvalue weighted by molar-refractivity contribution is 8.01. The molecule has 0 saturated carbocycles. The summed E-state index contributed by atoms with van der Waals surface area (Å²) in [6.07, 6.45) is 3.37. The van der Waals surface area contributed by atoms with Gasteiger partial charge in [0.25, 0.3) is 0 Å². The highest BCUT2D eigenvalue weighted by Gasteiger charge is 2.11. The van der Waals surface area contributed by atoms with E-state index in [4.69, 9.17) is 4.74 Å². The second kappa shape index (κ2) is 9.29. The van der Waals surface area contributed by atoms with E-state index in [9.17, 15) is 4.79 Å². The second-order valence-corrected chi connectivity index (χ2v) is 9.12. The van der Waals surface area contributed by atoms with Gasteiger partial charge in [0.1, 0.15) is 5.01 Å². The van der Waals surface area contributed by atoms with Crippen molar-refractivity contribution in [1.29, 1.82) is 0 Å². The van der Waals surface area contributed by atoms with E-state index >= 15 is 0 Å². The molecule has 0 unspecified atom stereocenters. The molecule has 0 saturated heterocycles. The third kappa shape index (κ3) is 4.71. The number of amides is 1. The van der Waals surface area contributed by atoms with Crippen LogP contribution < -0.4 is 5.32 Å². The Bertz CT molecular complexity index is 1140. The molecule has 4 rings (SSSR count). The van der Waals surface area contributed by atoms with Crippen molar-refractivity contribution in [3.05, 3.63) is 65.8 Å². The van der Waals surface area contributed by atoms with E-state index in [0.29, 0.717) is 13.2 Å². The molecule has 0 aliphatic rings. The van der Waals surface area contributed by atoms with Crippen LogP contribution in [0, 0.1) is 0 Å². The normalized spacial score (nSPS) is 11.1. The Morgan fingerprint density at radius 1 is 1.10 bits per heavy atom. The van der Waals surface area contributed by atoms with E-state index in [0.717, 1.165) is 22.1 Å². The van der Waals surface area contributed by atoms with Gasteiger partial charge in [0.15, 0.2) is 0 Å². The number of alkyl carbamates (subject to hydrolysis) is 1. The van der Waals surface area contributed by atoms with Gasteiger partial charge in [-0.05, 0) is 34.0 Å². The van der Waals surface area contributed by atoms with E-state index in [-0.39, 0.29) is 6.09 Å². The number of hydrogen-bond donors (Lipinski definition) is 1. The summed E-state index contributed by atoms with van der Waals surface area (Å²) in [6, 6.07) is 19.2. The fourth-order valence-corrected chi connectivity index (χ4v) is 5.25. The summed E-state index contributed by atoms with van der Waals surface area (Å²) in [5.74, 6) is 0. The first-order chi connectivity index (χ1) is 14.2. The molecule has 0 aliphatic carbocycles. The third-order valence-corrected chi connectivity index (χ3v) is 6.74. The van der Waals surface area contributed by atoms with E-state index in [1.54, 1.807) is 23.1 Å². The first-order valence-electron chi connectivity index (χ1n) is 9.68. The first kappa shape index (κ1) is 19.7. The minimum Gasteiger partial charge on any atom is -0.450 e. The zero-order valence-electron chi connectivity index (χ0n) is 16.2. The minimum atomic E-state index is -0.386. The molecule has 1 amide bonds. The summed E-state index contributed by atoms with van der Waals surface area (Å²) in [4.78, 5) is 17.4. The second-order valence-electron chi connectivity index (χ2n) is 6.66. The Morgan fingerprint density at radius 2 is 1.86 bits per heavy atom. The van der Waals surface area contributed by atoms with E-state index in [1.807, 2.05) is 6.20 Å². The van der Waals surface area contributed by atoms with Crippen LogP contribution in [0.5, 0.6) is 0 Å². The molecule has 0 radical (unpaired) electrons. The molecule has 1 N–H and O–H groups in total. The zero-order chi connectivity index (χ0) is 20.1. The van der Waals surface area contributed by atoms with Crippen LogP contribution in [0.25, 0.3) is 21.5 Å². The smallest absolute Gasteiger partial charge is 0.407 e. The molecule has 0 fully saturated rings. The van der Waals surface area contributed by atoms with Crippen molar-refractivity contribution in [2.24, 2.45) is 0 Å². The summed E-state index contributed by atoms with van der Waals surface area (Å²) < 4.78 is 6.22. The standard InChI is InChI=1S/C23H22N2O2S2/c1-2-3-12-27-23(26)25-14-21-24-15-22(29-21)28-20-13-16-8-4-5-9-17(16)18-10-6-7-11-19(18)20/h4-11,13,15H,2-3,12,14H2,1H3,(H,25,26). The lowest BCUT2D eigenvalue weighted by Crippen LogP contribution is -2.24. The lowest BCUT2D eigenvalue weighted by Gasteiger charge is -2.09. The van der Waals surface area contributed by atoms with E-state index in [2.05, 4.69) is 71.8 Å². The van der Waals surface area contributed by atoms with Crippen LogP contribution in [0.1, 0.15) is 24.8 Å². The van der Waals surface area contributed by atoms with Crippen molar-refractivity contribution >= 4 is 50.7 Å². The molecular formula is C23H22N2O2S2. The van der Waals surface area contributed by atoms with Gasteiger partial charge in [-0.3, -0.25) is 0 Å². The van der Waals surface area contributed by atoms with E-state index in [1.165, 1.54) is 26.4 Å². The molecule has 4 aromatic rings. The monoisotopic (exact) mass is 422 g/mol. The number of fused-ring (bicyclic) bond motifs is 3. The molecular weight excluding hydrogens is 400 g/mol. The number of carbonyl (C=O) groups excluding carboxylic acids is 1. The largest absolute Gasteiger partial charge is 0.450 e. The minimum absolute atomic E-state index is 0.384. The van der Waals surface area contributed by atoms with Gasteiger partial charge < -0.3 is 10.1 Å². The number of nitrogens with one attached hydrogen (secondary N) is 1. The summed E-state index contributed by atoms with van der Waals surface area (Å²) in [7, 11) is 0. The van der Waals surface area contributed by atoms with Gasteiger partial charge in [-0.15, -0.1) is 11.3 Å². The fraction of sp³-hybridized carbons (Fsp3) is 0.217. The Kier molecular flexibility index (Phi) is 6.32. The molecule has 1 aromatic heterocycles. The van der Waals surface area contributed by atoms with Gasteiger partial charge >= 0.3 is 6.09 Å². The predicted molar refractivity (Wildman–Crippen MR) is 121 cm³/mol. The van der Waals surface area contributed by atoms with Crippen molar-refractivity contribution in [3.8, 4) is 0 Å². The van der Waals surface area contributed by atoms with Crippen LogP contribution in [0.15, 0.2) is 69.9 Å². The predicted octanol–water partition coefficient (Wildman–Crippen LogP) is 6.63. The first-order valence-corrected chi connectivity index (χ1v) is 11.3. The van der Waals surface area contributed by atoms with Crippen molar-refractivity contribution < 1.29 is 9.53 Å². The Balaban J connectivity index is 1.50. The van der Waals surface area contributed by atoms with E-state index < -0.39 is 0 Å². The maximum atomic E-state index is 11.7. The summed E-state index contributed by atoms with van der Waals surface area (Å²) in [5, 5.41) is 8.63. The average Bonchev–Trinajstić information content (AvgIpc) is 3.20. The van der Waals surface area contributed by atoms with Crippen LogP contribution in [-0.2, 0) is 11.3 Å². The van der Waals surface area contributed by atoms with Crippen molar-refractivity contribution in [1.82, 2.24) is 10.3 Å². The summed E-state index contributed by atoms with van der Waals surface area (Å²) in [5.41, 5.74) is 0. The number of benzene rings is 3. The third-order valence-electron chi connectivity index (χ3n) is 4.59. The number of hydrogen-bond acceptors (Lipinski definition) is 5. The molecule has 29 heavy (non-hydrogen) atoms. The quantitative estimate of drug-likeness (QED) is 0.268. The van der Waals surface area contributed by atoms with Crippen LogP contribution >= 0.6 is 23.1 Å². The van der Waals surface area contributed by atoms with Crippen molar-refractivity contribution in [2.45, 2.75) is 35.4 Å². The Morgan fingerprint density at radius 3 is 2.69 bits per heavy atom. The highest BCUT2D eigenvalue weighted by atomic mass is 32.2. The lowest BCUT2D eigenvalue weighted by molar-refractivity contribution is 0.144. The number of thiazole rings is 1. The SMILES string of the molecule is CCCCOC(=O)NCc1ncc(Sc2cc3ccccc3c3ccccc23)s1. The number of unbranched alkanes of at least 4 members (excludes halogenated alkanes) is 1. The average molecular weight is 423 g/mol. The number of carbonyl (C=O) groups is 1. The number of aromatic nitrogens is 1. The molecule has 1 heterocycles. The molecule has 0 atom stereocenters. The Hall–Kier alpha value is -2.57. The van der Waals surface area contributed by atoms with Gasteiger partial charge in [0.05, 0.1) is 23.6 Å². The van der Waals surface area contributed by atoms with Gasteiger partial charge in [-0.1, -0.05) is 73.6 Å². The summed E-state index contributed by atoms with van der Waals surface area (Å²) >= 11 is 3.31. The molecule has 148 valence electrons. The van der Waals surface area contributed by atoms with Crippen molar-refractivity contribution in [2.75, 3.05) is 6.61 Å². The lowest BCUT2D eigenvalue weighted by atomic mass is 10.0. The molecule has 0 aliphatic heterocycles. The Labute approximate surface area is 178 Å². The maximum absolute atomic E-state index is 11.7. The number of nitrogens with zero attached hydrogens (tertiary/aromatic N) is 1. The van der Waals surface area contributed by atoms with Gasteiger partial charge in [-0.2, -0.15) is 0 Å². The topological polar surface area (TPSA) is 51.2 Å². The molecule has 4 nitrogen and oxygen atoms in total. The molecule has 0 bridgehead atoms. The van der Waals surface area contributed by atoms with Gasteiger partial charge in [-0.25, -0.2) is 9.78 Å². The van der Waals surface area contributed by atoms with Crippen LogP contribution in [-0.4, -0.2) is 17.7 Å². The zero-order valence-corrected chi connectivity index (χ0v) is 17.8. The van der Waals surface area contributed by atoms with Gasteiger partial charge in [0, 0.05) is 4.90 Å². The van der Waals surface area contributed by atoms with Crippen LogP contribution in [0.4, 0.5) is 4.79 Å². The summed E-state index contributed by atoms with van der Waals surface area (Å²) in [6.45, 7) is 2.90. The van der Waals surface area contributed by atoms with Crippen molar-refractivity contribution in [3.63, 3.8) is 0 Å².